The van der Waals surface area contributed by atoms with E-state index < -0.39 is 0 Å². The molecule has 1 aromatic rings. The van der Waals surface area contributed by atoms with Crippen LogP contribution in [0.3, 0.4) is 0 Å². The van der Waals surface area contributed by atoms with Crippen molar-refractivity contribution >= 4 is 11.7 Å². The summed E-state index contributed by atoms with van der Waals surface area (Å²) in [6.07, 6.45) is 0.991. The van der Waals surface area contributed by atoms with Gasteiger partial charge in [-0.25, -0.2) is 10.3 Å². The fourth-order valence-electron chi connectivity index (χ4n) is 1.07. The molecule has 0 bridgehead atoms. The second-order valence-corrected chi connectivity index (χ2v) is 2.81. The van der Waals surface area contributed by atoms with Gasteiger partial charge in [-0.05, 0) is 24.1 Å². The molecule has 0 spiro atoms. The number of carbonyl (C=O) groups is 1. The first kappa shape index (κ1) is 10.5. The summed E-state index contributed by atoms with van der Waals surface area (Å²) in [6.45, 7) is 2.08. The van der Waals surface area contributed by atoms with Crippen LogP contribution in [0.2, 0.25) is 0 Å². The molecule has 2 N–H and O–H groups in total. The number of urea groups is 1. The number of amides is 2. The summed E-state index contributed by atoms with van der Waals surface area (Å²) in [7, 11) is 1.39. The SMILES string of the molecule is CCc1ccc(NC(=O)NOC)cc1. The van der Waals surface area contributed by atoms with Gasteiger partial charge in [-0.2, -0.15) is 0 Å². The normalized spacial score (nSPS) is 9.57. The average molecular weight is 194 g/mol. The maximum absolute atomic E-state index is 11.0. The Balaban J connectivity index is 2.55. The fourth-order valence-corrected chi connectivity index (χ4v) is 1.07. The topological polar surface area (TPSA) is 50.4 Å². The van der Waals surface area contributed by atoms with E-state index in [-0.39, 0.29) is 6.03 Å². The molecule has 14 heavy (non-hydrogen) atoms. The Morgan fingerprint density at radius 1 is 1.36 bits per heavy atom. The van der Waals surface area contributed by atoms with Crippen molar-refractivity contribution < 1.29 is 9.63 Å². The van der Waals surface area contributed by atoms with E-state index in [1.54, 1.807) is 0 Å². The molecule has 1 rings (SSSR count). The van der Waals surface area contributed by atoms with Gasteiger partial charge in [0.1, 0.15) is 0 Å². The lowest BCUT2D eigenvalue weighted by molar-refractivity contribution is 0.114. The van der Waals surface area contributed by atoms with Crippen molar-refractivity contribution in [2.24, 2.45) is 0 Å². The molecular formula is C10H14N2O2. The van der Waals surface area contributed by atoms with E-state index in [0.717, 1.165) is 12.1 Å². The molecule has 0 saturated heterocycles. The number of hydrogen-bond acceptors (Lipinski definition) is 2. The molecule has 0 aliphatic rings. The molecule has 76 valence electrons. The molecule has 0 heterocycles. The van der Waals surface area contributed by atoms with Crippen molar-refractivity contribution in [3.8, 4) is 0 Å². The predicted octanol–water partition coefficient (Wildman–Crippen LogP) is 1.93. The van der Waals surface area contributed by atoms with Crippen LogP contribution < -0.4 is 10.8 Å². The van der Waals surface area contributed by atoms with Crippen LogP contribution in [-0.4, -0.2) is 13.1 Å². The zero-order chi connectivity index (χ0) is 10.4. The molecule has 4 nitrogen and oxygen atoms in total. The largest absolute Gasteiger partial charge is 0.343 e. The molecule has 0 fully saturated rings. The number of hydrogen-bond donors (Lipinski definition) is 2. The van der Waals surface area contributed by atoms with Crippen LogP contribution in [0.15, 0.2) is 24.3 Å². The van der Waals surface area contributed by atoms with E-state index in [0.29, 0.717) is 0 Å². The lowest BCUT2D eigenvalue weighted by Gasteiger charge is -2.05. The van der Waals surface area contributed by atoms with Crippen molar-refractivity contribution in [1.82, 2.24) is 5.48 Å². The molecule has 4 heteroatoms. The highest BCUT2D eigenvalue weighted by Gasteiger charge is 1.99. The van der Waals surface area contributed by atoms with Gasteiger partial charge < -0.3 is 5.32 Å². The zero-order valence-corrected chi connectivity index (χ0v) is 8.33. The van der Waals surface area contributed by atoms with Gasteiger partial charge >= 0.3 is 6.03 Å². The maximum atomic E-state index is 11.0. The summed E-state index contributed by atoms with van der Waals surface area (Å²) in [6, 6.07) is 7.28. The monoisotopic (exact) mass is 194 g/mol. The van der Waals surface area contributed by atoms with Gasteiger partial charge in [-0.15, -0.1) is 0 Å². The van der Waals surface area contributed by atoms with Crippen LogP contribution in [0, 0.1) is 0 Å². The Bertz CT molecular complexity index is 295. The van der Waals surface area contributed by atoms with E-state index in [1.807, 2.05) is 24.3 Å². The highest BCUT2D eigenvalue weighted by atomic mass is 16.6. The number of carbonyl (C=O) groups excluding carboxylic acids is 1. The molecule has 2 amide bonds. The highest BCUT2D eigenvalue weighted by Crippen LogP contribution is 2.09. The minimum Gasteiger partial charge on any atom is -0.306 e. The maximum Gasteiger partial charge on any atom is 0.343 e. The van der Waals surface area contributed by atoms with E-state index in [2.05, 4.69) is 22.6 Å². The van der Waals surface area contributed by atoms with Crippen LogP contribution in [-0.2, 0) is 11.3 Å². The summed E-state index contributed by atoms with van der Waals surface area (Å²) < 4.78 is 0. The molecule has 0 unspecified atom stereocenters. The van der Waals surface area contributed by atoms with Gasteiger partial charge in [0.25, 0.3) is 0 Å². The molecule has 0 aliphatic heterocycles. The van der Waals surface area contributed by atoms with Gasteiger partial charge in [0, 0.05) is 5.69 Å². The number of rotatable bonds is 3. The van der Waals surface area contributed by atoms with Gasteiger partial charge in [-0.1, -0.05) is 19.1 Å². The van der Waals surface area contributed by atoms with Crippen molar-refractivity contribution in [3.05, 3.63) is 29.8 Å². The van der Waals surface area contributed by atoms with Crippen LogP contribution >= 0.6 is 0 Å². The summed E-state index contributed by atoms with van der Waals surface area (Å²) in [5.41, 5.74) is 4.16. The van der Waals surface area contributed by atoms with Gasteiger partial charge in [0.05, 0.1) is 7.11 Å². The first-order valence-electron chi connectivity index (χ1n) is 4.45. The minimum atomic E-state index is -0.378. The van der Waals surface area contributed by atoms with Crippen LogP contribution in [0.5, 0.6) is 0 Å². The lowest BCUT2D eigenvalue weighted by atomic mass is 10.1. The van der Waals surface area contributed by atoms with E-state index in [4.69, 9.17) is 0 Å². The number of anilines is 1. The van der Waals surface area contributed by atoms with Crippen LogP contribution in [0.1, 0.15) is 12.5 Å². The Kier molecular flexibility index (Phi) is 3.94. The summed E-state index contributed by atoms with van der Waals surface area (Å²) in [5.74, 6) is 0. The van der Waals surface area contributed by atoms with Crippen molar-refractivity contribution in [1.29, 1.82) is 0 Å². The van der Waals surface area contributed by atoms with E-state index in [1.165, 1.54) is 12.7 Å². The molecule has 1 aromatic carbocycles. The predicted molar refractivity (Wildman–Crippen MR) is 55.0 cm³/mol. The molecule has 0 saturated carbocycles. The number of nitrogens with one attached hydrogen (secondary N) is 2. The molecule has 0 aromatic heterocycles. The third-order valence-corrected chi connectivity index (χ3v) is 1.81. The Morgan fingerprint density at radius 2 is 2.00 bits per heavy atom. The smallest absolute Gasteiger partial charge is 0.306 e. The molecule has 0 aliphatic carbocycles. The third kappa shape index (κ3) is 3.06. The summed E-state index contributed by atoms with van der Waals surface area (Å²) in [4.78, 5) is 15.5. The van der Waals surface area contributed by atoms with Gasteiger partial charge in [-0.3, -0.25) is 4.84 Å². The van der Waals surface area contributed by atoms with Crippen LogP contribution in [0.25, 0.3) is 0 Å². The first-order valence-corrected chi connectivity index (χ1v) is 4.45. The molecular weight excluding hydrogens is 180 g/mol. The number of benzene rings is 1. The van der Waals surface area contributed by atoms with Crippen molar-refractivity contribution in [2.75, 3.05) is 12.4 Å². The van der Waals surface area contributed by atoms with E-state index in [9.17, 15) is 4.79 Å². The third-order valence-electron chi connectivity index (χ3n) is 1.81. The fraction of sp³-hybridized carbons (Fsp3) is 0.300. The Morgan fingerprint density at radius 3 is 2.50 bits per heavy atom. The highest BCUT2D eigenvalue weighted by molar-refractivity contribution is 5.88. The van der Waals surface area contributed by atoms with Crippen molar-refractivity contribution in [3.63, 3.8) is 0 Å². The first-order chi connectivity index (χ1) is 6.76. The Labute approximate surface area is 83.2 Å². The van der Waals surface area contributed by atoms with Gasteiger partial charge in [0.2, 0.25) is 0 Å². The standard InChI is InChI=1S/C10H14N2O2/c1-3-8-4-6-9(7-5-8)11-10(13)12-14-2/h4-7H,3H2,1-2H3,(H2,11,12,13). The second-order valence-electron chi connectivity index (χ2n) is 2.81. The second kappa shape index (κ2) is 5.24. The van der Waals surface area contributed by atoms with Crippen LogP contribution in [0.4, 0.5) is 10.5 Å². The van der Waals surface area contributed by atoms with E-state index >= 15 is 0 Å². The Hall–Kier alpha value is -1.55. The quantitative estimate of drug-likeness (QED) is 0.722. The van der Waals surface area contributed by atoms with Crippen molar-refractivity contribution in [2.45, 2.75) is 13.3 Å². The number of hydroxylamine groups is 1. The molecule has 0 atom stereocenters. The summed E-state index contributed by atoms with van der Waals surface area (Å²) in [5, 5.41) is 2.62. The molecule has 0 radical (unpaired) electrons. The number of aryl methyl sites for hydroxylation is 1. The van der Waals surface area contributed by atoms with Gasteiger partial charge in [0.15, 0.2) is 0 Å². The minimum absolute atomic E-state index is 0.378. The lowest BCUT2D eigenvalue weighted by Crippen LogP contribution is -2.27. The average Bonchev–Trinajstić information content (AvgIpc) is 2.19. The zero-order valence-electron chi connectivity index (χ0n) is 8.33. The summed E-state index contributed by atoms with van der Waals surface area (Å²) >= 11 is 0.